The Kier molecular flexibility index (Phi) is 3.44. The molecular weight excluding hydrogens is 256 g/mol. The third-order valence-electron chi connectivity index (χ3n) is 2.18. The molecule has 2 aromatic heterocycles. The molecule has 2 heterocycles. The Morgan fingerprint density at radius 3 is 2.88 bits per heavy atom. The molecule has 0 unspecified atom stereocenters. The van der Waals surface area contributed by atoms with Gasteiger partial charge in [-0.3, -0.25) is 0 Å². The van der Waals surface area contributed by atoms with Crippen molar-refractivity contribution in [3.63, 3.8) is 0 Å². The second-order valence-corrected chi connectivity index (χ2v) is 5.33. The number of ether oxygens (including phenoxy) is 1. The highest BCUT2D eigenvalue weighted by molar-refractivity contribution is 7.23. The Morgan fingerprint density at radius 1 is 1.53 bits per heavy atom. The van der Waals surface area contributed by atoms with Crippen molar-refractivity contribution in [3.05, 3.63) is 22.7 Å². The largest absolute Gasteiger partial charge is 0.461 e. The van der Waals surface area contributed by atoms with Crippen molar-refractivity contribution >= 4 is 33.8 Å². The van der Waals surface area contributed by atoms with Crippen molar-refractivity contribution in [2.24, 2.45) is 0 Å². The van der Waals surface area contributed by atoms with Crippen molar-refractivity contribution in [2.45, 2.75) is 13.8 Å². The average molecular weight is 268 g/mol. The van der Waals surface area contributed by atoms with Crippen LogP contribution in [0.5, 0.6) is 0 Å². The molecule has 0 aliphatic rings. The standard InChI is InChI=1S/C11H12N2O2S2/c1-3-15-10(14)7-9(17-11(12)13-7)8-6(2)4-5-16-8/h4-5H,3H2,1-2H3,(H2,12,13). The molecule has 0 spiro atoms. The van der Waals surface area contributed by atoms with Gasteiger partial charge in [-0.25, -0.2) is 9.78 Å². The van der Waals surface area contributed by atoms with Crippen molar-refractivity contribution in [2.75, 3.05) is 12.3 Å². The Balaban J connectivity index is 2.48. The van der Waals surface area contributed by atoms with Gasteiger partial charge in [0.2, 0.25) is 0 Å². The van der Waals surface area contributed by atoms with E-state index < -0.39 is 5.97 Å². The van der Waals surface area contributed by atoms with E-state index in [0.717, 1.165) is 15.3 Å². The van der Waals surface area contributed by atoms with E-state index in [2.05, 4.69) is 4.98 Å². The van der Waals surface area contributed by atoms with Crippen LogP contribution in [0.15, 0.2) is 11.4 Å². The fraction of sp³-hybridized carbons (Fsp3) is 0.273. The highest BCUT2D eigenvalue weighted by atomic mass is 32.1. The summed E-state index contributed by atoms with van der Waals surface area (Å²) in [6, 6.07) is 2.00. The lowest BCUT2D eigenvalue weighted by atomic mass is 10.2. The topological polar surface area (TPSA) is 65.2 Å². The lowest BCUT2D eigenvalue weighted by Crippen LogP contribution is -2.06. The van der Waals surface area contributed by atoms with Crippen LogP contribution in [0.25, 0.3) is 9.75 Å². The van der Waals surface area contributed by atoms with Gasteiger partial charge >= 0.3 is 5.97 Å². The van der Waals surface area contributed by atoms with Crippen LogP contribution < -0.4 is 5.73 Å². The molecule has 17 heavy (non-hydrogen) atoms. The molecule has 0 aliphatic carbocycles. The lowest BCUT2D eigenvalue weighted by Gasteiger charge is -2.01. The first-order valence-electron chi connectivity index (χ1n) is 5.11. The maximum Gasteiger partial charge on any atom is 0.358 e. The van der Waals surface area contributed by atoms with Crippen LogP contribution in [0.4, 0.5) is 5.13 Å². The molecule has 0 atom stereocenters. The van der Waals surface area contributed by atoms with Crippen molar-refractivity contribution in [3.8, 4) is 9.75 Å². The normalized spacial score (nSPS) is 10.5. The SMILES string of the molecule is CCOC(=O)c1nc(N)sc1-c1sccc1C. The number of thiazole rings is 1. The fourth-order valence-corrected chi connectivity index (χ4v) is 3.39. The van der Waals surface area contributed by atoms with Crippen molar-refractivity contribution in [1.29, 1.82) is 0 Å². The first-order valence-corrected chi connectivity index (χ1v) is 6.81. The van der Waals surface area contributed by atoms with Crippen LogP contribution in [0, 0.1) is 6.92 Å². The maximum absolute atomic E-state index is 11.8. The summed E-state index contributed by atoms with van der Waals surface area (Å²) in [4.78, 5) is 17.6. The van der Waals surface area contributed by atoms with E-state index in [-0.39, 0.29) is 0 Å². The minimum atomic E-state index is -0.414. The summed E-state index contributed by atoms with van der Waals surface area (Å²) >= 11 is 2.89. The van der Waals surface area contributed by atoms with Crippen molar-refractivity contribution < 1.29 is 9.53 Å². The van der Waals surface area contributed by atoms with Gasteiger partial charge in [0, 0.05) is 4.88 Å². The van der Waals surface area contributed by atoms with Gasteiger partial charge in [0.1, 0.15) is 0 Å². The Morgan fingerprint density at radius 2 is 2.29 bits per heavy atom. The molecule has 6 heteroatoms. The second kappa shape index (κ2) is 4.85. The molecule has 0 amide bonds. The second-order valence-electron chi connectivity index (χ2n) is 3.38. The molecule has 0 aliphatic heterocycles. The monoisotopic (exact) mass is 268 g/mol. The summed E-state index contributed by atoms with van der Waals surface area (Å²) in [5.41, 5.74) is 7.11. The number of hydrogen-bond donors (Lipinski definition) is 1. The summed E-state index contributed by atoms with van der Waals surface area (Å²) in [5, 5.41) is 2.37. The Hall–Kier alpha value is -1.40. The van der Waals surface area contributed by atoms with Gasteiger partial charge in [0.05, 0.1) is 11.5 Å². The number of esters is 1. The van der Waals surface area contributed by atoms with E-state index >= 15 is 0 Å². The first-order chi connectivity index (χ1) is 8.13. The number of nitrogens with zero attached hydrogens (tertiary/aromatic N) is 1. The molecule has 2 rings (SSSR count). The van der Waals surface area contributed by atoms with Crippen LogP contribution in [0.3, 0.4) is 0 Å². The summed E-state index contributed by atoms with van der Waals surface area (Å²) in [7, 11) is 0. The highest BCUT2D eigenvalue weighted by Crippen LogP contribution is 2.37. The van der Waals surface area contributed by atoms with Crippen molar-refractivity contribution in [1.82, 2.24) is 4.98 Å². The number of rotatable bonds is 3. The van der Waals surface area contributed by atoms with E-state index in [9.17, 15) is 4.79 Å². The van der Waals surface area contributed by atoms with Crippen LogP contribution in [-0.4, -0.2) is 17.6 Å². The minimum Gasteiger partial charge on any atom is -0.461 e. The fourth-order valence-electron chi connectivity index (χ4n) is 1.43. The van der Waals surface area contributed by atoms with Gasteiger partial charge in [-0.05, 0) is 30.9 Å². The predicted molar refractivity (Wildman–Crippen MR) is 70.5 cm³/mol. The Labute approximate surface area is 107 Å². The molecule has 90 valence electrons. The van der Waals surface area contributed by atoms with Crippen LogP contribution in [0.1, 0.15) is 23.0 Å². The number of nitrogens with two attached hydrogens (primary N) is 1. The quantitative estimate of drug-likeness (QED) is 0.869. The number of anilines is 1. The number of aryl methyl sites for hydroxylation is 1. The smallest absolute Gasteiger partial charge is 0.358 e. The number of carbonyl (C=O) groups excluding carboxylic acids is 1. The molecule has 0 bridgehead atoms. The highest BCUT2D eigenvalue weighted by Gasteiger charge is 2.21. The molecule has 0 saturated carbocycles. The van der Waals surface area contributed by atoms with E-state index in [1.807, 2.05) is 18.4 Å². The van der Waals surface area contributed by atoms with Gasteiger partial charge in [-0.1, -0.05) is 11.3 Å². The van der Waals surface area contributed by atoms with Gasteiger partial charge < -0.3 is 10.5 Å². The third-order valence-corrected chi connectivity index (χ3v) is 4.25. The minimum absolute atomic E-state index is 0.319. The Bertz CT molecular complexity index is 545. The summed E-state index contributed by atoms with van der Waals surface area (Å²) in [6.45, 7) is 4.10. The van der Waals surface area contributed by atoms with Gasteiger partial charge in [0.25, 0.3) is 0 Å². The van der Waals surface area contributed by atoms with E-state index in [0.29, 0.717) is 17.4 Å². The zero-order valence-electron chi connectivity index (χ0n) is 9.52. The zero-order chi connectivity index (χ0) is 12.4. The summed E-state index contributed by atoms with van der Waals surface area (Å²) in [6.07, 6.45) is 0. The number of hydrogen-bond acceptors (Lipinski definition) is 6. The molecule has 0 fully saturated rings. The molecule has 2 N–H and O–H groups in total. The average Bonchev–Trinajstić information content (AvgIpc) is 2.84. The van der Waals surface area contributed by atoms with Crippen LogP contribution in [0.2, 0.25) is 0 Å². The molecule has 2 aromatic rings. The van der Waals surface area contributed by atoms with Crippen LogP contribution in [-0.2, 0) is 4.74 Å². The lowest BCUT2D eigenvalue weighted by molar-refractivity contribution is 0.0521. The zero-order valence-corrected chi connectivity index (χ0v) is 11.2. The molecule has 0 saturated heterocycles. The molecule has 0 aromatic carbocycles. The van der Waals surface area contributed by atoms with Gasteiger partial charge in [0.15, 0.2) is 10.8 Å². The van der Waals surface area contributed by atoms with E-state index in [4.69, 9.17) is 10.5 Å². The first kappa shape index (κ1) is 12.1. The summed E-state index contributed by atoms with van der Waals surface area (Å²) < 4.78 is 4.97. The molecular formula is C11H12N2O2S2. The number of thiophene rings is 1. The van der Waals surface area contributed by atoms with Crippen LogP contribution >= 0.6 is 22.7 Å². The van der Waals surface area contributed by atoms with E-state index in [1.54, 1.807) is 18.3 Å². The predicted octanol–water partition coefficient (Wildman–Crippen LogP) is 2.94. The number of nitrogen functional groups attached to an aromatic ring is 1. The number of carbonyl (C=O) groups is 1. The molecule has 4 nitrogen and oxygen atoms in total. The van der Waals surface area contributed by atoms with E-state index in [1.165, 1.54) is 11.3 Å². The van der Waals surface area contributed by atoms with Gasteiger partial charge in [-0.2, -0.15) is 0 Å². The van der Waals surface area contributed by atoms with Gasteiger partial charge in [-0.15, -0.1) is 11.3 Å². The third kappa shape index (κ3) is 2.32. The molecule has 0 radical (unpaired) electrons. The maximum atomic E-state index is 11.8. The number of aromatic nitrogens is 1. The summed E-state index contributed by atoms with van der Waals surface area (Å²) in [5.74, 6) is -0.414.